The van der Waals surface area contributed by atoms with Gasteiger partial charge in [0.05, 0.1) is 26.0 Å². The number of hydrogen-bond donors (Lipinski definition) is 1. The van der Waals surface area contributed by atoms with Crippen LogP contribution in [-0.2, 0) is 34.0 Å². The van der Waals surface area contributed by atoms with Crippen LogP contribution in [-0.4, -0.2) is 67.4 Å². The highest BCUT2D eigenvalue weighted by Gasteiger charge is 2.25. The van der Waals surface area contributed by atoms with Gasteiger partial charge in [0.15, 0.2) is 0 Å². The number of amides is 1. The summed E-state index contributed by atoms with van der Waals surface area (Å²) in [5.41, 5.74) is 0.755. The van der Waals surface area contributed by atoms with Crippen molar-refractivity contribution in [1.82, 2.24) is 4.90 Å². The first-order valence-corrected chi connectivity index (χ1v) is 12.8. The summed E-state index contributed by atoms with van der Waals surface area (Å²) in [4.78, 5) is 55.5. The van der Waals surface area contributed by atoms with Gasteiger partial charge in [0, 0.05) is 24.6 Å². The van der Waals surface area contributed by atoms with Gasteiger partial charge < -0.3 is 19.3 Å². The maximum Gasteiger partial charge on any atom is 0.306 e. The molecule has 36 heavy (non-hydrogen) atoms. The third-order valence-electron chi connectivity index (χ3n) is 4.62. The lowest BCUT2D eigenvalue weighted by molar-refractivity contribution is -0.757. The van der Waals surface area contributed by atoms with E-state index in [0.29, 0.717) is 5.56 Å². The zero-order valence-corrected chi connectivity index (χ0v) is 21.0. The molecule has 1 unspecified atom stereocenters. The van der Waals surface area contributed by atoms with E-state index in [1.165, 1.54) is 29.2 Å². The number of esters is 1. The largest absolute Gasteiger partial charge is 0.456 e. The minimum Gasteiger partial charge on any atom is -0.456 e. The van der Waals surface area contributed by atoms with Crippen molar-refractivity contribution in [2.45, 2.75) is 51.7 Å². The minimum absolute atomic E-state index is 0.0347. The van der Waals surface area contributed by atoms with Crippen molar-refractivity contribution in [2.24, 2.45) is 0 Å². The summed E-state index contributed by atoms with van der Waals surface area (Å²) in [7, 11) is -3.51. The molecule has 1 N–H and O–H groups in total. The number of ether oxygens (including phenoxy) is 1. The fraction of sp³-hybridized carbons (Fsp3) is 0.600. The molecule has 0 saturated carbocycles. The Balaban J connectivity index is 3.00. The van der Waals surface area contributed by atoms with Gasteiger partial charge in [-0.25, -0.2) is 8.42 Å². The van der Waals surface area contributed by atoms with Crippen molar-refractivity contribution < 1.29 is 42.6 Å². The van der Waals surface area contributed by atoms with Crippen molar-refractivity contribution in [3.63, 3.8) is 0 Å². The van der Waals surface area contributed by atoms with Gasteiger partial charge >= 0.3 is 5.97 Å². The van der Waals surface area contributed by atoms with Gasteiger partial charge in [-0.15, -0.1) is 20.2 Å². The summed E-state index contributed by atoms with van der Waals surface area (Å²) in [6.45, 7) is 2.91. The molecule has 0 aliphatic rings. The molecular formula is C20H30N4O11S. The first-order chi connectivity index (χ1) is 16.8. The van der Waals surface area contributed by atoms with E-state index < -0.39 is 32.3 Å². The normalized spacial score (nSPS) is 11.9. The van der Waals surface area contributed by atoms with E-state index in [-0.39, 0.29) is 63.1 Å². The van der Waals surface area contributed by atoms with Crippen molar-refractivity contribution >= 4 is 27.6 Å². The number of nitrogens with zero attached hydrogens (tertiary/aromatic N) is 3. The summed E-state index contributed by atoms with van der Waals surface area (Å²) in [5.74, 6) is -1.02. The number of carbonyl (C=O) groups excluding carboxylic acids is 2. The molecule has 1 aromatic carbocycles. The fourth-order valence-electron chi connectivity index (χ4n) is 3.05. The molecule has 202 valence electrons. The molecule has 1 aromatic rings. The standard InChI is InChI=1S/C20H30N4O11S/c1-15(2)22(19(25)6-4-12-33-23(27)28)14-18(35-20(26)7-5-13-34-24(29)30)16-8-10-17(11-9-16)21-36(3,31)32/h8-11,15,18,21H,4-7,12-14H2,1-3H3. The van der Waals surface area contributed by atoms with Crippen LogP contribution in [0.3, 0.4) is 0 Å². The van der Waals surface area contributed by atoms with Crippen LogP contribution in [0.2, 0.25) is 0 Å². The second kappa shape index (κ2) is 14.7. The van der Waals surface area contributed by atoms with Crippen LogP contribution in [0.15, 0.2) is 24.3 Å². The molecular weight excluding hydrogens is 504 g/mol. The Morgan fingerprint density at radius 3 is 2.00 bits per heavy atom. The zero-order chi connectivity index (χ0) is 27.3. The molecule has 1 rings (SSSR count). The summed E-state index contributed by atoms with van der Waals surface area (Å²) in [6, 6.07) is 5.71. The lowest BCUT2D eigenvalue weighted by Gasteiger charge is -2.31. The van der Waals surface area contributed by atoms with Gasteiger partial charge in [-0.05, 0) is 44.4 Å². The Hall–Kier alpha value is -3.69. The number of sulfonamides is 1. The molecule has 0 aromatic heterocycles. The van der Waals surface area contributed by atoms with Crippen molar-refractivity contribution in [3.05, 3.63) is 50.1 Å². The lowest BCUT2D eigenvalue weighted by atomic mass is 10.1. The van der Waals surface area contributed by atoms with Crippen LogP contribution in [0.25, 0.3) is 0 Å². The van der Waals surface area contributed by atoms with E-state index in [0.717, 1.165) is 6.26 Å². The second-order valence-corrected chi connectivity index (χ2v) is 9.68. The Bertz CT molecular complexity index is 999. The van der Waals surface area contributed by atoms with Crippen LogP contribution < -0.4 is 4.72 Å². The molecule has 0 fully saturated rings. The van der Waals surface area contributed by atoms with Gasteiger partial charge in [0.2, 0.25) is 15.9 Å². The monoisotopic (exact) mass is 534 g/mol. The SMILES string of the molecule is CC(C)N(CC(OC(=O)CCCO[N+](=O)[O-])c1ccc(NS(C)(=O)=O)cc1)C(=O)CCCO[N+](=O)[O-]. The van der Waals surface area contributed by atoms with E-state index in [1.807, 2.05) is 0 Å². The highest BCUT2D eigenvalue weighted by atomic mass is 32.2. The Labute approximate surface area is 207 Å². The van der Waals surface area contributed by atoms with Crippen LogP contribution in [0.1, 0.15) is 51.2 Å². The quantitative estimate of drug-likeness (QED) is 0.132. The number of nitrogens with one attached hydrogen (secondary N) is 1. The number of benzene rings is 1. The highest BCUT2D eigenvalue weighted by Crippen LogP contribution is 2.24. The average Bonchev–Trinajstić information content (AvgIpc) is 2.76. The predicted molar refractivity (Wildman–Crippen MR) is 125 cm³/mol. The van der Waals surface area contributed by atoms with E-state index >= 15 is 0 Å². The maximum absolute atomic E-state index is 12.8. The third kappa shape index (κ3) is 12.7. The van der Waals surface area contributed by atoms with E-state index in [1.54, 1.807) is 13.8 Å². The number of anilines is 1. The van der Waals surface area contributed by atoms with E-state index in [4.69, 9.17) is 4.74 Å². The molecule has 0 bridgehead atoms. The van der Waals surface area contributed by atoms with Crippen molar-refractivity contribution in [3.8, 4) is 0 Å². The van der Waals surface area contributed by atoms with Crippen LogP contribution in [0.4, 0.5) is 5.69 Å². The molecule has 1 amide bonds. The first-order valence-electron chi connectivity index (χ1n) is 10.9. The van der Waals surface area contributed by atoms with Gasteiger partial charge in [0.1, 0.15) is 6.10 Å². The number of hydrogen-bond acceptors (Lipinski definition) is 11. The average molecular weight is 535 g/mol. The topological polar surface area (TPSA) is 198 Å². The molecule has 0 saturated heterocycles. The minimum atomic E-state index is -3.51. The fourth-order valence-corrected chi connectivity index (χ4v) is 3.61. The van der Waals surface area contributed by atoms with Crippen LogP contribution >= 0.6 is 0 Å². The van der Waals surface area contributed by atoms with Crippen LogP contribution in [0.5, 0.6) is 0 Å². The van der Waals surface area contributed by atoms with Gasteiger partial charge in [-0.3, -0.25) is 14.3 Å². The molecule has 0 heterocycles. The molecule has 0 aliphatic heterocycles. The Morgan fingerprint density at radius 2 is 1.53 bits per heavy atom. The van der Waals surface area contributed by atoms with E-state index in [2.05, 4.69) is 14.4 Å². The second-order valence-electron chi connectivity index (χ2n) is 7.94. The number of rotatable bonds is 17. The Kier molecular flexibility index (Phi) is 12.3. The van der Waals surface area contributed by atoms with E-state index in [9.17, 15) is 38.2 Å². The van der Waals surface area contributed by atoms with Gasteiger partial charge in [0.25, 0.3) is 10.2 Å². The van der Waals surface area contributed by atoms with Gasteiger partial charge in [-0.1, -0.05) is 12.1 Å². The summed E-state index contributed by atoms with van der Waals surface area (Å²) < 4.78 is 30.8. The first kappa shape index (κ1) is 30.3. The molecule has 1 atom stereocenters. The number of carbonyl (C=O) groups is 2. The highest BCUT2D eigenvalue weighted by molar-refractivity contribution is 7.92. The summed E-state index contributed by atoms with van der Waals surface area (Å²) in [6.07, 6.45) is -0.0176. The maximum atomic E-state index is 12.8. The molecule has 16 heteroatoms. The lowest BCUT2D eigenvalue weighted by Crippen LogP contribution is -2.40. The molecule has 0 aliphatic carbocycles. The molecule has 0 radical (unpaired) electrons. The Morgan fingerprint density at radius 1 is 1.00 bits per heavy atom. The zero-order valence-electron chi connectivity index (χ0n) is 20.2. The molecule has 0 spiro atoms. The van der Waals surface area contributed by atoms with Gasteiger partial charge in [-0.2, -0.15) is 0 Å². The molecule has 15 nitrogen and oxygen atoms in total. The van der Waals surface area contributed by atoms with Crippen molar-refractivity contribution in [2.75, 3.05) is 30.7 Å². The predicted octanol–water partition coefficient (Wildman–Crippen LogP) is 1.86. The summed E-state index contributed by atoms with van der Waals surface area (Å²) >= 11 is 0. The van der Waals surface area contributed by atoms with Crippen LogP contribution in [0, 0.1) is 20.2 Å². The smallest absolute Gasteiger partial charge is 0.306 e. The summed E-state index contributed by atoms with van der Waals surface area (Å²) in [5, 5.41) is 18.6. The third-order valence-corrected chi connectivity index (χ3v) is 5.23. The van der Waals surface area contributed by atoms with Crippen molar-refractivity contribution in [1.29, 1.82) is 0 Å².